The van der Waals surface area contributed by atoms with Crippen molar-refractivity contribution >= 4 is 5.57 Å². The van der Waals surface area contributed by atoms with E-state index in [-0.39, 0.29) is 6.42 Å². The van der Waals surface area contributed by atoms with Gasteiger partial charge in [0.2, 0.25) is 0 Å². The van der Waals surface area contributed by atoms with Gasteiger partial charge in [-0.15, -0.1) is 0 Å². The highest BCUT2D eigenvalue weighted by Gasteiger charge is 2.37. The van der Waals surface area contributed by atoms with E-state index in [4.69, 9.17) is 0 Å². The summed E-state index contributed by atoms with van der Waals surface area (Å²) in [7, 11) is 0. The molecule has 1 aliphatic rings. The highest BCUT2D eigenvalue weighted by Crippen LogP contribution is 2.26. The molecule has 1 aromatic rings. The molecule has 1 aromatic carbocycles. The van der Waals surface area contributed by atoms with E-state index in [2.05, 4.69) is 0 Å². The summed E-state index contributed by atoms with van der Waals surface area (Å²) in [5.41, 5.74) is -0.0607. The summed E-state index contributed by atoms with van der Waals surface area (Å²) in [5.74, 6) is 0. The number of nitrogens with zero attached hydrogens (tertiary/aromatic N) is 1. The first-order chi connectivity index (χ1) is 7.62. The average molecular weight is 217 g/mol. The molecule has 2 rings (SSSR count). The van der Waals surface area contributed by atoms with Gasteiger partial charge in [-0.3, -0.25) is 10.1 Å². The average Bonchev–Trinajstić information content (AvgIpc) is 2.31. The van der Waals surface area contributed by atoms with E-state index in [1.165, 1.54) is 6.08 Å². The molecule has 0 saturated carbocycles. The lowest BCUT2D eigenvalue weighted by Gasteiger charge is -2.17. The molecule has 1 atom stereocenters. The minimum atomic E-state index is -1.95. The molecule has 0 radical (unpaired) electrons. The van der Waals surface area contributed by atoms with Crippen molar-refractivity contribution in [1.29, 1.82) is 0 Å². The standard InChI is InChI=1S/C12H11NO3/c14-12(13(15)16)8-6-11(7-9-12)10-4-2-1-3-5-10/h1-8,14H,9H2. The second-order valence-electron chi connectivity index (χ2n) is 3.70. The summed E-state index contributed by atoms with van der Waals surface area (Å²) in [6.07, 6.45) is 4.50. The van der Waals surface area contributed by atoms with Crippen molar-refractivity contribution in [2.75, 3.05) is 0 Å². The lowest BCUT2D eigenvalue weighted by molar-refractivity contribution is -0.607. The van der Waals surface area contributed by atoms with E-state index >= 15 is 0 Å². The lowest BCUT2D eigenvalue weighted by Crippen LogP contribution is -2.36. The van der Waals surface area contributed by atoms with Crippen molar-refractivity contribution in [3.63, 3.8) is 0 Å². The van der Waals surface area contributed by atoms with Gasteiger partial charge in [0.05, 0.1) is 11.3 Å². The first-order valence-electron chi connectivity index (χ1n) is 4.93. The van der Waals surface area contributed by atoms with Crippen LogP contribution < -0.4 is 0 Å². The molecule has 0 spiro atoms. The number of nitro groups is 1. The van der Waals surface area contributed by atoms with Crippen molar-refractivity contribution < 1.29 is 10.0 Å². The highest BCUT2D eigenvalue weighted by atomic mass is 16.7. The normalized spacial score (nSPS) is 23.9. The van der Waals surface area contributed by atoms with Crippen LogP contribution >= 0.6 is 0 Å². The van der Waals surface area contributed by atoms with Gasteiger partial charge in [-0.05, 0) is 17.2 Å². The molecule has 0 amide bonds. The fourth-order valence-electron chi connectivity index (χ4n) is 1.60. The molecular formula is C12H11NO3. The van der Waals surface area contributed by atoms with E-state index < -0.39 is 10.6 Å². The van der Waals surface area contributed by atoms with Gasteiger partial charge >= 0.3 is 5.72 Å². The Balaban J connectivity index is 2.23. The fourth-order valence-corrected chi connectivity index (χ4v) is 1.60. The first kappa shape index (κ1) is 10.6. The molecule has 1 unspecified atom stereocenters. The van der Waals surface area contributed by atoms with Crippen molar-refractivity contribution in [2.24, 2.45) is 0 Å². The van der Waals surface area contributed by atoms with Crippen LogP contribution in [0.3, 0.4) is 0 Å². The molecular weight excluding hydrogens is 206 g/mol. The topological polar surface area (TPSA) is 63.4 Å². The molecule has 1 aliphatic carbocycles. The highest BCUT2D eigenvalue weighted by molar-refractivity contribution is 5.75. The minimum Gasteiger partial charge on any atom is -0.327 e. The Morgan fingerprint density at radius 2 is 2.00 bits per heavy atom. The van der Waals surface area contributed by atoms with Gasteiger partial charge in [0, 0.05) is 6.08 Å². The summed E-state index contributed by atoms with van der Waals surface area (Å²) in [5, 5.41) is 20.2. The van der Waals surface area contributed by atoms with Gasteiger partial charge in [-0.2, -0.15) is 0 Å². The van der Waals surface area contributed by atoms with E-state index in [0.717, 1.165) is 11.1 Å². The molecule has 82 valence electrons. The Labute approximate surface area is 92.7 Å². The zero-order chi connectivity index (χ0) is 11.6. The zero-order valence-corrected chi connectivity index (χ0v) is 8.54. The Morgan fingerprint density at radius 1 is 1.31 bits per heavy atom. The molecule has 0 aromatic heterocycles. The summed E-state index contributed by atoms with van der Waals surface area (Å²) in [6, 6.07) is 9.56. The van der Waals surface area contributed by atoms with Gasteiger partial charge in [0.25, 0.3) is 0 Å². The third-order valence-corrected chi connectivity index (χ3v) is 2.58. The van der Waals surface area contributed by atoms with Gasteiger partial charge in [-0.1, -0.05) is 36.4 Å². The van der Waals surface area contributed by atoms with Crippen LogP contribution in [0.15, 0.2) is 48.6 Å². The molecule has 0 fully saturated rings. The van der Waals surface area contributed by atoms with Crippen LogP contribution in [0.5, 0.6) is 0 Å². The summed E-state index contributed by atoms with van der Waals surface area (Å²) < 4.78 is 0. The quantitative estimate of drug-likeness (QED) is 0.468. The summed E-state index contributed by atoms with van der Waals surface area (Å²) >= 11 is 0. The summed E-state index contributed by atoms with van der Waals surface area (Å²) in [6.45, 7) is 0. The number of hydrogen-bond donors (Lipinski definition) is 1. The van der Waals surface area contributed by atoms with Crippen molar-refractivity contribution in [1.82, 2.24) is 0 Å². The second kappa shape index (κ2) is 3.90. The minimum absolute atomic E-state index is 0.000722. The first-order valence-corrected chi connectivity index (χ1v) is 4.93. The Morgan fingerprint density at radius 3 is 2.50 bits per heavy atom. The van der Waals surface area contributed by atoms with Crippen LogP contribution in [-0.4, -0.2) is 15.8 Å². The van der Waals surface area contributed by atoms with Gasteiger partial charge in [-0.25, -0.2) is 0 Å². The monoisotopic (exact) mass is 217 g/mol. The maximum Gasteiger partial charge on any atom is 0.345 e. The van der Waals surface area contributed by atoms with E-state index in [9.17, 15) is 15.2 Å². The SMILES string of the molecule is O=[N+]([O-])C1(O)C=CC(c2ccccc2)=CC1. The van der Waals surface area contributed by atoms with Crippen LogP contribution in [0.1, 0.15) is 12.0 Å². The Hall–Kier alpha value is -1.94. The predicted octanol–water partition coefficient (Wildman–Crippen LogP) is 2.00. The maximum atomic E-state index is 10.6. The Kier molecular flexibility index (Phi) is 2.58. The number of benzene rings is 1. The predicted molar refractivity (Wildman–Crippen MR) is 60.1 cm³/mol. The summed E-state index contributed by atoms with van der Waals surface area (Å²) in [4.78, 5) is 9.92. The smallest absolute Gasteiger partial charge is 0.327 e. The van der Waals surface area contributed by atoms with Crippen LogP contribution in [0.4, 0.5) is 0 Å². The van der Waals surface area contributed by atoms with E-state index in [1.807, 2.05) is 30.3 Å². The van der Waals surface area contributed by atoms with Crippen molar-refractivity contribution in [3.8, 4) is 0 Å². The van der Waals surface area contributed by atoms with Crippen LogP contribution in [-0.2, 0) is 0 Å². The number of hydrogen-bond acceptors (Lipinski definition) is 3. The molecule has 4 nitrogen and oxygen atoms in total. The van der Waals surface area contributed by atoms with Gasteiger partial charge in [0.1, 0.15) is 0 Å². The largest absolute Gasteiger partial charge is 0.345 e. The fraction of sp³-hybridized carbons (Fsp3) is 0.167. The van der Waals surface area contributed by atoms with Crippen LogP contribution in [0.25, 0.3) is 5.57 Å². The zero-order valence-electron chi connectivity index (χ0n) is 8.54. The molecule has 1 N–H and O–H groups in total. The van der Waals surface area contributed by atoms with Gasteiger partial charge < -0.3 is 5.11 Å². The third kappa shape index (κ3) is 1.87. The molecule has 0 aliphatic heterocycles. The molecule has 4 heteroatoms. The van der Waals surface area contributed by atoms with Crippen LogP contribution in [0.2, 0.25) is 0 Å². The number of allylic oxidation sites excluding steroid dienone is 2. The van der Waals surface area contributed by atoms with Crippen LogP contribution in [0, 0.1) is 10.1 Å². The second-order valence-corrected chi connectivity index (χ2v) is 3.70. The molecule has 0 heterocycles. The molecule has 0 saturated heterocycles. The lowest BCUT2D eigenvalue weighted by atomic mass is 9.95. The number of rotatable bonds is 2. The van der Waals surface area contributed by atoms with E-state index in [0.29, 0.717) is 0 Å². The molecule has 0 bridgehead atoms. The third-order valence-electron chi connectivity index (χ3n) is 2.58. The maximum absolute atomic E-state index is 10.6. The Bertz CT molecular complexity index is 464. The van der Waals surface area contributed by atoms with Crippen molar-refractivity contribution in [3.05, 3.63) is 64.2 Å². The van der Waals surface area contributed by atoms with Crippen molar-refractivity contribution in [2.45, 2.75) is 12.1 Å². The van der Waals surface area contributed by atoms with E-state index in [1.54, 1.807) is 12.2 Å². The van der Waals surface area contributed by atoms with Gasteiger partial charge in [0.15, 0.2) is 0 Å². The molecule has 16 heavy (non-hydrogen) atoms. The number of aliphatic hydroxyl groups is 1.